The predicted molar refractivity (Wildman–Crippen MR) is 117 cm³/mol. The van der Waals surface area contributed by atoms with Crippen molar-refractivity contribution < 1.29 is 14.3 Å². The summed E-state index contributed by atoms with van der Waals surface area (Å²) in [6.45, 7) is 8.90. The van der Waals surface area contributed by atoms with E-state index >= 15 is 0 Å². The number of ether oxygens (including phenoxy) is 1. The molecule has 28 heavy (non-hydrogen) atoms. The summed E-state index contributed by atoms with van der Waals surface area (Å²) in [5.74, 6) is -0.00643. The molecule has 1 aliphatic carbocycles. The molecule has 1 atom stereocenters. The van der Waals surface area contributed by atoms with Crippen molar-refractivity contribution >= 4 is 44.1 Å². The Morgan fingerprint density at radius 3 is 2.54 bits per heavy atom. The highest BCUT2D eigenvalue weighted by atomic mass is 79.9. The largest absolute Gasteiger partial charge is 0.462 e. The van der Waals surface area contributed by atoms with Crippen LogP contribution in [0.5, 0.6) is 0 Å². The van der Waals surface area contributed by atoms with Gasteiger partial charge in [-0.25, -0.2) is 4.79 Å². The third-order valence-electron chi connectivity index (χ3n) is 5.30. The lowest BCUT2D eigenvalue weighted by Gasteiger charge is -2.33. The molecule has 150 valence electrons. The van der Waals surface area contributed by atoms with E-state index in [-0.39, 0.29) is 17.3 Å². The summed E-state index contributed by atoms with van der Waals surface area (Å²) in [7, 11) is 0. The molecule has 0 saturated carbocycles. The lowest BCUT2D eigenvalue weighted by Crippen LogP contribution is -2.26. The normalized spacial score (nSPS) is 16.4. The number of thiophene rings is 1. The van der Waals surface area contributed by atoms with Crippen LogP contribution in [0.1, 0.15) is 65.3 Å². The lowest BCUT2D eigenvalue weighted by atomic mass is 9.72. The fraction of sp³-hybridized carbons (Fsp3) is 0.455. The van der Waals surface area contributed by atoms with E-state index in [4.69, 9.17) is 4.74 Å². The number of anilines is 1. The molecular weight excluding hydrogens is 438 g/mol. The van der Waals surface area contributed by atoms with Crippen LogP contribution in [0.15, 0.2) is 28.7 Å². The van der Waals surface area contributed by atoms with E-state index in [0.717, 1.165) is 29.3 Å². The summed E-state index contributed by atoms with van der Waals surface area (Å²) < 4.78 is 6.21. The number of hydrogen-bond acceptors (Lipinski definition) is 4. The first-order valence-electron chi connectivity index (χ1n) is 9.59. The van der Waals surface area contributed by atoms with E-state index in [9.17, 15) is 9.59 Å². The molecule has 0 aliphatic heterocycles. The van der Waals surface area contributed by atoms with Gasteiger partial charge in [0.15, 0.2) is 0 Å². The molecule has 0 saturated heterocycles. The van der Waals surface area contributed by atoms with Crippen molar-refractivity contribution in [3.8, 4) is 0 Å². The van der Waals surface area contributed by atoms with Crippen molar-refractivity contribution in [3.05, 3.63) is 50.3 Å². The Balaban J connectivity index is 1.93. The van der Waals surface area contributed by atoms with Crippen LogP contribution in [0.3, 0.4) is 0 Å². The van der Waals surface area contributed by atoms with Gasteiger partial charge in [-0.1, -0.05) is 36.7 Å². The molecule has 0 spiro atoms. The van der Waals surface area contributed by atoms with E-state index in [2.05, 4.69) is 42.0 Å². The van der Waals surface area contributed by atoms with Crippen LogP contribution in [-0.2, 0) is 17.6 Å². The molecule has 1 aromatic heterocycles. The predicted octanol–water partition coefficient (Wildman–Crippen LogP) is 6.09. The van der Waals surface area contributed by atoms with Gasteiger partial charge in [-0.05, 0) is 67.3 Å². The first-order valence-corrected chi connectivity index (χ1v) is 11.2. The number of amides is 1. The highest BCUT2D eigenvalue weighted by Crippen LogP contribution is 2.44. The number of hydrogen-bond donors (Lipinski definition) is 1. The van der Waals surface area contributed by atoms with Gasteiger partial charge in [-0.15, -0.1) is 11.3 Å². The number of fused-ring (bicyclic) bond motifs is 1. The second-order valence-corrected chi connectivity index (χ2v) is 10.2. The van der Waals surface area contributed by atoms with Crippen LogP contribution in [0.2, 0.25) is 0 Å². The Labute approximate surface area is 178 Å². The van der Waals surface area contributed by atoms with Gasteiger partial charge < -0.3 is 10.1 Å². The van der Waals surface area contributed by atoms with Crippen LogP contribution in [0.25, 0.3) is 0 Å². The molecule has 0 bridgehead atoms. The molecule has 0 fully saturated rings. The van der Waals surface area contributed by atoms with Gasteiger partial charge in [0.2, 0.25) is 0 Å². The fourth-order valence-electron chi connectivity index (χ4n) is 3.61. The van der Waals surface area contributed by atoms with Crippen molar-refractivity contribution in [1.29, 1.82) is 0 Å². The zero-order valence-electron chi connectivity index (χ0n) is 16.7. The molecule has 0 unspecified atom stereocenters. The number of esters is 1. The average Bonchev–Trinajstić information content (AvgIpc) is 2.98. The number of carbonyl (C=O) groups is 2. The minimum absolute atomic E-state index is 0.215. The number of carbonyl (C=O) groups excluding carboxylic acids is 2. The first kappa shape index (κ1) is 21.1. The van der Waals surface area contributed by atoms with Gasteiger partial charge in [0.05, 0.1) is 12.2 Å². The highest BCUT2D eigenvalue weighted by molar-refractivity contribution is 9.10. The standard InChI is InChI=1S/C22H26BrNO3S/c1-5-27-21(26)18-16-11-8-14(22(2,3)4)12-17(16)28-20(18)24-19(25)13-6-9-15(23)10-7-13/h6-7,9-10,14H,5,8,11-12H2,1-4H3,(H,24,25)/t14-/m1/s1. The molecule has 1 N–H and O–H groups in total. The average molecular weight is 464 g/mol. The third-order valence-corrected chi connectivity index (χ3v) is 7.00. The molecule has 1 heterocycles. The first-order chi connectivity index (χ1) is 13.2. The molecule has 0 radical (unpaired) electrons. The number of benzene rings is 1. The Bertz CT molecular complexity index is 880. The minimum atomic E-state index is -0.347. The highest BCUT2D eigenvalue weighted by Gasteiger charge is 2.34. The molecule has 2 aromatic rings. The maximum Gasteiger partial charge on any atom is 0.341 e. The zero-order chi connectivity index (χ0) is 20.5. The van der Waals surface area contributed by atoms with Crippen LogP contribution >= 0.6 is 27.3 Å². The summed E-state index contributed by atoms with van der Waals surface area (Å²) in [5, 5.41) is 3.56. The topological polar surface area (TPSA) is 55.4 Å². The van der Waals surface area contributed by atoms with Gasteiger partial charge in [-0.3, -0.25) is 4.79 Å². The summed E-state index contributed by atoms with van der Waals surface area (Å²) in [6, 6.07) is 7.17. The van der Waals surface area contributed by atoms with E-state index < -0.39 is 0 Å². The number of rotatable bonds is 4. The van der Waals surface area contributed by atoms with Gasteiger partial charge in [-0.2, -0.15) is 0 Å². The van der Waals surface area contributed by atoms with Crippen LogP contribution < -0.4 is 5.32 Å². The maximum atomic E-state index is 12.7. The van der Waals surface area contributed by atoms with Crippen molar-refractivity contribution in [3.63, 3.8) is 0 Å². The smallest absolute Gasteiger partial charge is 0.341 e. The molecule has 1 aromatic carbocycles. The van der Waals surface area contributed by atoms with E-state index in [0.29, 0.717) is 28.7 Å². The van der Waals surface area contributed by atoms with Gasteiger partial charge in [0, 0.05) is 14.9 Å². The summed E-state index contributed by atoms with van der Waals surface area (Å²) in [5.41, 5.74) is 2.36. The molecule has 1 amide bonds. The van der Waals surface area contributed by atoms with Crippen LogP contribution in [-0.4, -0.2) is 18.5 Å². The number of nitrogens with one attached hydrogen (secondary N) is 1. The van der Waals surface area contributed by atoms with Crippen molar-refractivity contribution in [2.24, 2.45) is 11.3 Å². The van der Waals surface area contributed by atoms with E-state index in [1.807, 2.05) is 12.1 Å². The van der Waals surface area contributed by atoms with Crippen LogP contribution in [0.4, 0.5) is 5.00 Å². The van der Waals surface area contributed by atoms with E-state index in [1.54, 1.807) is 19.1 Å². The molecule has 4 nitrogen and oxygen atoms in total. The molecule has 3 rings (SSSR count). The second kappa shape index (κ2) is 8.37. The van der Waals surface area contributed by atoms with Gasteiger partial charge in [0.25, 0.3) is 5.91 Å². The Kier molecular flexibility index (Phi) is 6.30. The van der Waals surface area contributed by atoms with Gasteiger partial charge in [0.1, 0.15) is 5.00 Å². The monoisotopic (exact) mass is 463 g/mol. The Morgan fingerprint density at radius 1 is 1.25 bits per heavy atom. The SMILES string of the molecule is CCOC(=O)c1c(NC(=O)c2ccc(Br)cc2)sc2c1CC[C@@H](C(C)(C)C)C2. The quantitative estimate of drug-likeness (QED) is 0.557. The minimum Gasteiger partial charge on any atom is -0.462 e. The summed E-state index contributed by atoms with van der Waals surface area (Å²) >= 11 is 4.90. The third kappa shape index (κ3) is 4.49. The molecule has 6 heteroatoms. The van der Waals surface area contributed by atoms with E-state index in [1.165, 1.54) is 16.2 Å². The zero-order valence-corrected chi connectivity index (χ0v) is 19.1. The number of halogens is 1. The maximum absolute atomic E-state index is 12.7. The van der Waals surface area contributed by atoms with Crippen LogP contribution in [0, 0.1) is 11.3 Å². The Morgan fingerprint density at radius 2 is 1.93 bits per heavy atom. The molecule has 1 aliphatic rings. The lowest BCUT2D eigenvalue weighted by molar-refractivity contribution is 0.0526. The van der Waals surface area contributed by atoms with Crippen molar-refractivity contribution in [2.75, 3.05) is 11.9 Å². The summed E-state index contributed by atoms with van der Waals surface area (Å²) in [4.78, 5) is 26.6. The van der Waals surface area contributed by atoms with Crippen molar-refractivity contribution in [1.82, 2.24) is 0 Å². The summed E-state index contributed by atoms with van der Waals surface area (Å²) in [6.07, 6.45) is 2.82. The van der Waals surface area contributed by atoms with Crippen molar-refractivity contribution in [2.45, 2.75) is 47.0 Å². The molecular formula is C22H26BrNO3S. The second-order valence-electron chi connectivity index (χ2n) is 8.20. The fourth-order valence-corrected chi connectivity index (χ4v) is 5.18. The Hall–Kier alpha value is -1.66. The van der Waals surface area contributed by atoms with Gasteiger partial charge >= 0.3 is 5.97 Å².